The van der Waals surface area contributed by atoms with Gasteiger partial charge in [0.25, 0.3) is 10.1 Å². The highest BCUT2D eigenvalue weighted by molar-refractivity contribution is 7.86. The van der Waals surface area contributed by atoms with Crippen molar-refractivity contribution in [3.8, 4) is 11.5 Å². The molecule has 9 atom stereocenters. The molecule has 3 aliphatic carbocycles. The number of carbonyl (C=O) groups is 1. The lowest BCUT2D eigenvalue weighted by molar-refractivity contribution is -0.216. The average Bonchev–Trinajstić information content (AvgIpc) is 3.82. The van der Waals surface area contributed by atoms with Gasteiger partial charge >= 0.3 is 5.97 Å². The summed E-state index contributed by atoms with van der Waals surface area (Å²) in [6.45, 7) is 5.67. The van der Waals surface area contributed by atoms with E-state index in [1.54, 1.807) is 13.8 Å². The predicted octanol–water partition coefficient (Wildman–Crippen LogP) is 1.49. The first-order valence-corrected chi connectivity index (χ1v) is 15.0. The van der Waals surface area contributed by atoms with Crippen molar-refractivity contribution in [2.75, 3.05) is 20.8 Å². The molecule has 218 valence electrons. The molecule has 0 radical (unpaired) electrons. The largest absolute Gasteiger partial charge is 0.493 e. The Morgan fingerprint density at radius 2 is 1.85 bits per heavy atom. The van der Waals surface area contributed by atoms with Crippen LogP contribution in [0.2, 0.25) is 0 Å². The van der Waals surface area contributed by atoms with E-state index in [2.05, 4.69) is 6.92 Å². The second-order valence-corrected chi connectivity index (χ2v) is 14.0. The van der Waals surface area contributed by atoms with Gasteiger partial charge in [-0.3, -0.25) is 4.18 Å². The van der Waals surface area contributed by atoms with Crippen molar-refractivity contribution in [2.24, 2.45) is 17.3 Å². The van der Waals surface area contributed by atoms with Gasteiger partial charge in [-0.2, -0.15) is 8.42 Å². The lowest BCUT2D eigenvalue weighted by atomic mass is 9.45. The molecular weight excluding hydrogens is 544 g/mol. The monoisotopic (exact) mass is 578 g/mol. The fourth-order valence-electron chi connectivity index (χ4n) is 8.56. The lowest BCUT2D eigenvalue weighted by Gasteiger charge is -2.57. The maximum absolute atomic E-state index is 13.7. The minimum atomic E-state index is -4.47. The van der Waals surface area contributed by atoms with E-state index in [1.165, 1.54) is 32.4 Å². The molecule has 0 unspecified atom stereocenters. The van der Waals surface area contributed by atoms with Gasteiger partial charge in [0.1, 0.15) is 36.1 Å². The number of carbonyl (C=O) groups excluding carboxylic acids is 1. The number of benzene rings is 1. The third-order valence-electron chi connectivity index (χ3n) is 10.7. The number of fused-ring (bicyclic) bond motifs is 2. The van der Waals surface area contributed by atoms with Crippen LogP contribution >= 0.6 is 0 Å². The maximum atomic E-state index is 13.7. The van der Waals surface area contributed by atoms with Crippen LogP contribution in [0.5, 0.6) is 11.5 Å². The van der Waals surface area contributed by atoms with Gasteiger partial charge in [-0.25, -0.2) is 4.79 Å². The van der Waals surface area contributed by atoms with E-state index in [0.29, 0.717) is 30.6 Å². The molecule has 0 bridgehead atoms. The van der Waals surface area contributed by atoms with Gasteiger partial charge in [-0.15, -0.1) is 0 Å². The van der Waals surface area contributed by atoms with Crippen LogP contribution in [0.1, 0.15) is 40.0 Å². The third-order valence-corrected chi connectivity index (χ3v) is 12.0. The van der Waals surface area contributed by atoms with Crippen LogP contribution in [0.4, 0.5) is 0 Å². The molecule has 2 N–H and O–H groups in total. The quantitative estimate of drug-likeness (QED) is 0.287. The molecule has 3 aliphatic heterocycles. The molecule has 6 aliphatic rings. The van der Waals surface area contributed by atoms with Crippen LogP contribution in [0, 0.1) is 17.3 Å². The fraction of sp³-hybridized carbons (Fsp3) is 0.679. The summed E-state index contributed by atoms with van der Waals surface area (Å²) in [6.07, 6.45) is -2.63. The summed E-state index contributed by atoms with van der Waals surface area (Å²) in [5.74, 6) is -0.477. The number of ether oxygens (including phenoxy) is 5. The van der Waals surface area contributed by atoms with E-state index >= 15 is 0 Å². The van der Waals surface area contributed by atoms with Crippen molar-refractivity contribution in [3.05, 3.63) is 29.3 Å². The van der Waals surface area contributed by atoms with Crippen LogP contribution in [-0.4, -0.2) is 86.6 Å². The van der Waals surface area contributed by atoms with Crippen LogP contribution in [0.15, 0.2) is 34.2 Å². The zero-order valence-electron chi connectivity index (χ0n) is 23.0. The van der Waals surface area contributed by atoms with Crippen LogP contribution < -0.4 is 9.47 Å². The Morgan fingerprint density at radius 3 is 2.52 bits per heavy atom. The molecule has 0 amide bonds. The van der Waals surface area contributed by atoms with Gasteiger partial charge in [0.15, 0.2) is 17.1 Å². The van der Waals surface area contributed by atoms with E-state index in [4.69, 9.17) is 27.9 Å². The van der Waals surface area contributed by atoms with Crippen LogP contribution in [-0.2, 0) is 33.3 Å². The van der Waals surface area contributed by atoms with Crippen molar-refractivity contribution in [3.63, 3.8) is 0 Å². The molecule has 0 aromatic heterocycles. The maximum Gasteiger partial charge on any atom is 0.334 e. The Bertz CT molecular complexity index is 1450. The van der Waals surface area contributed by atoms with Crippen molar-refractivity contribution in [2.45, 2.75) is 86.1 Å². The molecule has 3 heterocycles. The molecule has 11 nitrogen and oxygen atoms in total. The summed E-state index contributed by atoms with van der Waals surface area (Å²) >= 11 is 0. The van der Waals surface area contributed by atoms with E-state index in [9.17, 15) is 23.4 Å². The smallest absolute Gasteiger partial charge is 0.334 e. The Hall–Kier alpha value is -2.22. The number of cyclic esters (lactones) is 1. The second-order valence-electron chi connectivity index (χ2n) is 12.4. The van der Waals surface area contributed by atoms with E-state index in [1.807, 2.05) is 0 Å². The van der Waals surface area contributed by atoms with Gasteiger partial charge in [0, 0.05) is 17.1 Å². The first kappa shape index (κ1) is 26.7. The molecule has 7 rings (SSSR count). The summed E-state index contributed by atoms with van der Waals surface area (Å²) in [5, 5.41) is 24.1. The minimum absolute atomic E-state index is 0.117. The molecule has 1 aromatic rings. The molecule has 2 spiro atoms. The van der Waals surface area contributed by atoms with Gasteiger partial charge in [0.2, 0.25) is 0 Å². The first-order chi connectivity index (χ1) is 18.8. The number of aliphatic hydroxyl groups excluding tert-OH is 1. The highest BCUT2D eigenvalue weighted by Crippen LogP contribution is 2.80. The lowest BCUT2D eigenvalue weighted by Crippen LogP contribution is -2.76. The van der Waals surface area contributed by atoms with Crippen molar-refractivity contribution in [1.82, 2.24) is 0 Å². The molecular formula is C28H34O11S. The molecule has 4 fully saturated rings. The van der Waals surface area contributed by atoms with Crippen molar-refractivity contribution < 1.29 is 51.3 Å². The summed E-state index contributed by atoms with van der Waals surface area (Å²) in [4.78, 5) is 12.2. The standard InChI is InChI=1S/C28H34O11S/c1-13(2)26(31)21(39-40(32,33)14-6-7-18(34-4)19(10-14)35-5)22-28(38-22)25(3)9-8-15-16(12-36-23(15)29)17(25)11-20-27(28,37-20)24(26)30/h6-7,10,13,17,20-22,24,30-31H,8-9,11-12H2,1-5H3/t17-,20-,21+,22-,24+,25-,26-,27+,28+/m0/s1. The Labute approximate surface area is 232 Å². The van der Waals surface area contributed by atoms with E-state index in [0.717, 1.165) is 5.57 Å². The third kappa shape index (κ3) is 2.87. The topological polar surface area (TPSA) is 154 Å². The van der Waals surface area contributed by atoms with Crippen molar-refractivity contribution >= 4 is 16.1 Å². The molecule has 1 aromatic carbocycles. The van der Waals surface area contributed by atoms with Crippen LogP contribution in [0.3, 0.4) is 0 Å². The van der Waals surface area contributed by atoms with Crippen molar-refractivity contribution in [1.29, 1.82) is 0 Å². The molecule has 2 saturated heterocycles. The summed E-state index contributed by atoms with van der Waals surface area (Å²) in [7, 11) is -1.63. The highest BCUT2D eigenvalue weighted by Gasteiger charge is 2.97. The molecule has 2 saturated carbocycles. The van der Waals surface area contributed by atoms with E-state index < -0.39 is 62.7 Å². The fourth-order valence-corrected chi connectivity index (χ4v) is 9.69. The Balaban J connectivity index is 1.32. The Kier molecular flexibility index (Phi) is 5.32. The van der Waals surface area contributed by atoms with E-state index in [-0.39, 0.29) is 29.1 Å². The summed E-state index contributed by atoms with van der Waals surface area (Å²) < 4.78 is 61.9. The second kappa shape index (κ2) is 7.99. The number of hydrogen-bond donors (Lipinski definition) is 2. The number of aliphatic hydroxyl groups is 2. The minimum Gasteiger partial charge on any atom is -0.493 e. The van der Waals surface area contributed by atoms with Gasteiger partial charge in [-0.1, -0.05) is 20.8 Å². The molecule has 12 heteroatoms. The zero-order chi connectivity index (χ0) is 28.6. The number of hydrogen-bond acceptors (Lipinski definition) is 11. The average molecular weight is 579 g/mol. The van der Waals surface area contributed by atoms with Gasteiger partial charge in [0.05, 0.1) is 25.2 Å². The SMILES string of the molecule is COc1ccc(S(=O)(=O)O[C@@H]2[C@@H]3O[C@]34[C@]3(O[C@H]3C[C@H]3C5=C(CC[C@@]34C)C(=O)OC5)[C@H](O)[C@]2(O)C(C)C)cc1OC. The number of rotatable bonds is 6. The first-order valence-electron chi connectivity index (χ1n) is 13.6. The summed E-state index contributed by atoms with van der Waals surface area (Å²) in [6, 6.07) is 4.08. The zero-order valence-corrected chi connectivity index (χ0v) is 23.8. The molecule has 40 heavy (non-hydrogen) atoms. The van der Waals surface area contributed by atoms with Gasteiger partial charge in [-0.05, 0) is 48.8 Å². The van der Waals surface area contributed by atoms with Gasteiger partial charge < -0.3 is 33.9 Å². The summed E-state index contributed by atoms with van der Waals surface area (Å²) in [5.41, 5.74) is -3.32. The normalized spacial score (nSPS) is 44.6. The predicted molar refractivity (Wildman–Crippen MR) is 136 cm³/mol. The highest BCUT2D eigenvalue weighted by atomic mass is 32.2. The number of epoxide rings is 2. The number of esters is 1. The van der Waals surface area contributed by atoms with Crippen LogP contribution in [0.25, 0.3) is 0 Å². The Morgan fingerprint density at radius 1 is 1.12 bits per heavy atom. The number of methoxy groups -OCH3 is 2.